The smallest absolute Gasteiger partial charge is 0.0370 e. The molecular weight excluding hydrogens is 210 g/mol. The van der Waals surface area contributed by atoms with Crippen molar-refractivity contribution < 1.29 is 0 Å². The minimum absolute atomic E-state index is 0.623. The van der Waals surface area contributed by atoms with Crippen molar-refractivity contribution in [3.8, 4) is 0 Å². The lowest BCUT2D eigenvalue weighted by Gasteiger charge is -2.39. The first-order valence-electron chi connectivity index (χ1n) is 6.36. The van der Waals surface area contributed by atoms with Gasteiger partial charge >= 0.3 is 0 Å². The molecule has 2 N–H and O–H groups in total. The number of benzene rings is 1. The Morgan fingerprint density at radius 3 is 2.71 bits per heavy atom. The van der Waals surface area contributed by atoms with Gasteiger partial charge in [0, 0.05) is 37.9 Å². The summed E-state index contributed by atoms with van der Waals surface area (Å²) < 4.78 is 0. The lowest BCUT2D eigenvalue weighted by Crippen LogP contribution is -2.50. The maximum absolute atomic E-state index is 5.70. The van der Waals surface area contributed by atoms with Crippen LogP contribution < -0.4 is 10.6 Å². The van der Waals surface area contributed by atoms with Gasteiger partial charge < -0.3 is 15.5 Å². The monoisotopic (exact) mass is 233 g/mol. The predicted octanol–water partition coefficient (Wildman–Crippen LogP) is 1.59. The Morgan fingerprint density at radius 1 is 1.35 bits per heavy atom. The summed E-state index contributed by atoms with van der Waals surface area (Å²) in [6.45, 7) is 8.42. The van der Waals surface area contributed by atoms with Crippen LogP contribution in [-0.2, 0) is 6.54 Å². The summed E-state index contributed by atoms with van der Waals surface area (Å²) in [5.74, 6) is 0. The zero-order chi connectivity index (χ0) is 12.4. The molecule has 1 aromatic rings. The van der Waals surface area contributed by atoms with Crippen LogP contribution in [0.1, 0.15) is 18.1 Å². The first-order chi connectivity index (χ1) is 8.11. The standard InChI is InChI=1S/C14H23N3/c1-11-8-14(5-4-13(11)9-15)17-7-6-16(3)12(2)10-17/h4-5,8,12H,6-7,9-10,15H2,1-3H3. The van der Waals surface area contributed by atoms with Crippen LogP contribution in [0.2, 0.25) is 0 Å². The number of nitrogens with zero attached hydrogens (tertiary/aromatic N) is 2. The minimum atomic E-state index is 0.623. The van der Waals surface area contributed by atoms with Crippen LogP contribution >= 0.6 is 0 Å². The van der Waals surface area contributed by atoms with Crippen LogP contribution in [0.3, 0.4) is 0 Å². The third kappa shape index (κ3) is 2.61. The summed E-state index contributed by atoms with van der Waals surface area (Å²) in [5, 5.41) is 0. The van der Waals surface area contributed by atoms with Gasteiger partial charge in [0.15, 0.2) is 0 Å². The fourth-order valence-electron chi connectivity index (χ4n) is 2.39. The molecule has 1 atom stereocenters. The molecule has 17 heavy (non-hydrogen) atoms. The van der Waals surface area contributed by atoms with Crippen LogP contribution in [0.4, 0.5) is 5.69 Å². The predicted molar refractivity (Wildman–Crippen MR) is 73.4 cm³/mol. The molecule has 1 aliphatic heterocycles. The van der Waals surface area contributed by atoms with Crippen LogP contribution in [-0.4, -0.2) is 37.6 Å². The summed E-state index contributed by atoms with van der Waals surface area (Å²) in [6.07, 6.45) is 0. The van der Waals surface area contributed by atoms with Crippen molar-refractivity contribution in [1.82, 2.24) is 4.90 Å². The third-order valence-corrected chi connectivity index (χ3v) is 3.87. The van der Waals surface area contributed by atoms with E-state index in [9.17, 15) is 0 Å². The first-order valence-corrected chi connectivity index (χ1v) is 6.36. The van der Waals surface area contributed by atoms with Gasteiger partial charge in [-0.2, -0.15) is 0 Å². The van der Waals surface area contributed by atoms with Crippen molar-refractivity contribution in [2.24, 2.45) is 5.73 Å². The van der Waals surface area contributed by atoms with Gasteiger partial charge in [-0.3, -0.25) is 0 Å². The second-order valence-corrected chi connectivity index (χ2v) is 5.09. The highest BCUT2D eigenvalue weighted by molar-refractivity contribution is 5.51. The number of rotatable bonds is 2. The molecule has 0 amide bonds. The highest BCUT2D eigenvalue weighted by Gasteiger charge is 2.20. The van der Waals surface area contributed by atoms with E-state index >= 15 is 0 Å². The molecule has 3 nitrogen and oxygen atoms in total. The molecule has 1 saturated heterocycles. The summed E-state index contributed by atoms with van der Waals surface area (Å²) in [5.41, 5.74) is 9.58. The molecule has 3 heteroatoms. The van der Waals surface area contributed by atoms with E-state index in [4.69, 9.17) is 5.73 Å². The fraction of sp³-hybridized carbons (Fsp3) is 0.571. The molecule has 2 rings (SSSR count). The summed E-state index contributed by atoms with van der Waals surface area (Å²) in [6, 6.07) is 7.25. The van der Waals surface area contributed by atoms with Crippen molar-refractivity contribution in [3.05, 3.63) is 29.3 Å². The van der Waals surface area contributed by atoms with E-state index in [0.717, 1.165) is 19.6 Å². The van der Waals surface area contributed by atoms with Gasteiger partial charge in [-0.15, -0.1) is 0 Å². The van der Waals surface area contributed by atoms with Crippen LogP contribution in [0.25, 0.3) is 0 Å². The highest BCUT2D eigenvalue weighted by atomic mass is 15.3. The quantitative estimate of drug-likeness (QED) is 0.842. The summed E-state index contributed by atoms with van der Waals surface area (Å²) >= 11 is 0. The maximum Gasteiger partial charge on any atom is 0.0370 e. The number of piperazine rings is 1. The Balaban J connectivity index is 2.15. The third-order valence-electron chi connectivity index (χ3n) is 3.87. The highest BCUT2D eigenvalue weighted by Crippen LogP contribution is 2.21. The summed E-state index contributed by atoms with van der Waals surface area (Å²) in [4.78, 5) is 4.88. The van der Waals surface area contributed by atoms with E-state index in [-0.39, 0.29) is 0 Å². The molecule has 1 aliphatic rings. The van der Waals surface area contributed by atoms with Gasteiger partial charge in [0.2, 0.25) is 0 Å². The van der Waals surface area contributed by atoms with Gasteiger partial charge in [0.1, 0.15) is 0 Å². The Labute approximate surface area is 104 Å². The van der Waals surface area contributed by atoms with Gasteiger partial charge in [-0.05, 0) is 44.2 Å². The first kappa shape index (κ1) is 12.4. The number of aryl methyl sites for hydroxylation is 1. The lowest BCUT2D eigenvalue weighted by molar-refractivity contribution is 0.234. The molecule has 0 saturated carbocycles. The van der Waals surface area contributed by atoms with E-state index in [1.807, 2.05) is 0 Å². The Morgan fingerprint density at radius 2 is 2.12 bits per heavy atom. The molecular formula is C14H23N3. The zero-order valence-electron chi connectivity index (χ0n) is 11.1. The summed E-state index contributed by atoms with van der Waals surface area (Å²) in [7, 11) is 2.20. The molecule has 94 valence electrons. The number of hydrogen-bond donors (Lipinski definition) is 1. The molecule has 0 bridgehead atoms. The fourth-order valence-corrected chi connectivity index (χ4v) is 2.39. The van der Waals surface area contributed by atoms with Gasteiger partial charge in [0.05, 0.1) is 0 Å². The van der Waals surface area contributed by atoms with Crippen LogP contribution in [0.5, 0.6) is 0 Å². The van der Waals surface area contributed by atoms with Crippen LogP contribution in [0, 0.1) is 6.92 Å². The topological polar surface area (TPSA) is 32.5 Å². The van der Waals surface area contributed by atoms with E-state index in [1.165, 1.54) is 16.8 Å². The molecule has 0 spiro atoms. The average Bonchev–Trinajstić information content (AvgIpc) is 2.32. The van der Waals surface area contributed by atoms with Gasteiger partial charge in [-0.25, -0.2) is 0 Å². The molecule has 1 unspecified atom stereocenters. The Bertz CT molecular complexity index is 389. The SMILES string of the molecule is Cc1cc(N2CCN(C)C(C)C2)ccc1CN. The van der Waals surface area contributed by atoms with Crippen molar-refractivity contribution in [2.75, 3.05) is 31.6 Å². The van der Waals surface area contributed by atoms with Crippen molar-refractivity contribution in [1.29, 1.82) is 0 Å². The number of nitrogens with two attached hydrogens (primary N) is 1. The van der Waals surface area contributed by atoms with Gasteiger partial charge in [0.25, 0.3) is 0 Å². The molecule has 1 aromatic carbocycles. The number of likely N-dealkylation sites (N-methyl/N-ethyl adjacent to an activating group) is 1. The second kappa shape index (κ2) is 5.07. The lowest BCUT2D eigenvalue weighted by atomic mass is 10.1. The van der Waals surface area contributed by atoms with Gasteiger partial charge in [-0.1, -0.05) is 6.07 Å². The largest absolute Gasteiger partial charge is 0.369 e. The molecule has 1 heterocycles. The van der Waals surface area contributed by atoms with E-state index < -0.39 is 0 Å². The average molecular weight is 233 g/mol. The molecule has 1 fully saturated rings. The van der Waals surface area contributed by atoms with Crippen molar-refractivity contribution >= 4 is 5.69 Å². The molecule has 0 aromatic heterocycles. The van der Waals surface area contributed by atoms with E-state index in [0.29, 0.717) is 12.6 Å². The van der Waals surface area contributed by atoms with E-state index in [2.05, 4.69) is 48.9 Å². The molecule has 0 radical (unpaired) electrons. The molecule has 0 aliphatic carbocycles. The Kier molecular flexibility index (Phi) is 3.69. The van der Waals surface area contributed by atoms with Crippen LogP contribution in [0.15, 0.2) is 18.2 Å². The zero-order valence-corrected chi connectivity index (χ0v) is 11.1. The second-order valence-electron chi connectivity index (χ2n) is 5.09. The van der Waals surface area contributed by atoms with Crippen molar-refractivity contribution in [2.45, 2.75) is 26.4 Å². The van der Waals surface area contributed by atoms with Crippen molar-refractivity contribution in [3.63, 3.8) is 0 Å². The Hall–Kier alpha value is -1.06. The normalized spacial score (nSPS) is 21.9. The maximum atomic E-state index is 5.70. The minimum Gasteiger partial charge on any atom is -0.369 e. The van der Waals surface area contributed by atoms with E-state index in [1.54, 1.807) is 0 Å². The number of hydrogen-bond acceptors (Lipinski definition) is 3. The number of anilines is 1.